The van der Waals surface area contributed by atoms with Crippen molar-refractivity contribution in [1.29, 1.82) is 0 Å². The van der Waals surface area contributed by atoms with Gasteiger partial charge in [-0.3, -0.25) is 9.36 Å². The molecule has 0 radical (unpaired) electrons. The van der Waals surface area contributed by atoms with Crippen molar-refractivity contribution in [3.8, 4) is 0 Å². The minimum absolute atomic E-state index is 0.146. The third-order valence-electron chi connectivity index (χ3n) is 3.94. The summed E-state index contributed by atoms with van der Waals surface area (Å²) in [6, 6.07) is 9.93. The number of unbranched alkanes of at least 4 members (excludes halogenated alkanes) is 1. The molecule has 0 aliphatic carbocycles. The number of hydrogen-bond donors (Lipinski definition) is 0. The van der Waals surface area contributed by atoms with Gasteiger partial charge in [0.1, 0.15) is 5.82 Å². The van der Waals surface area contributed by atoms with Gasteiger partial charge in [-0.15, -0.1) is 0 Å². The lowest BCUT2D eigenvalue weighted by molar-refractivity contribution is 0.607. The number of hydrogen-bond acceptors (Lipinski definition) is 3. The molecule has 0 aliphatic rings. The van der Waals surface area contributed by atoms with Crippen molar-refractivity contribution in [2.75, 3.05) is 0 Å². The summed E-state index contributed by atoms with van der Waals surface area (Å²) in [5.41, 5.74) is 1.78. The van der Waals surface area contributed by atoms with Crippen LogP contribution in [0, 0.1) is 0 Å². The molecular formula is C18H19ClN4O. The highest BCUT2D eigenvalue weighted by molar-refractivity contribution is 6.28. The Labute approximate surface area is 145 Å². The van der Waals surface area contributed by atoms with Crippen LogP contribution in [0.3, 0.4) is 0 Å². The van der Waals surface area contributed by atoms with Gasteiger partial charge < -0.3 is 4.57 Å². The molecule has 0 saturated heterocycles. The smallest absolute Gasteiger partial charge is 0.280 e. The third kappa shape index (κ3) is 3.12. The van der Waals surface area contributed by atoms with E-state index in [1.165, 1.54) is 4.57 Å². The Morgan fingerprint density at radius 3 is 2.62 bits per heavy atom. The predicted octanol–water partition coefficient (Wildman–Crippen LogP) is 3.75. The van der Waals surface area contributed by atoms with E-state index >= 15 is 0 Å². The molecule has 0 spiro atoms. The van der Waals surface area contributed by atoms with Gasteiger partial charge in [-0.2, -0.15) is 4.98 Å². The molecule has 0 N–H and O–H groups in total. The molecule has 0 unspecified atom stereocenters. The average molecular weight is 343 g/mol. The monoisotopic (exact) mass is 342 g/mol. The van der Waals surface area contributed by atoms with Gasteiger partial charge in [0, 0.05) is 13.6 Å². The maximum atomic E-state index is 12.7. The van der Waals surface area contributed by atoms with Gasteiger partial charge in [0.25, 0.3) is 5.56 Å². The predicted molar refractivity (Wildman–Crippen MR) is 98.1 cm³/mol. The number of nitrogens with zero attached hydrogens (tertiary/aromatic N) is 4. The highest BCUT2D eigenvalue weighted by Crippen LogP contribution is 2.15. The zero-order valence-electron chi connectivity index (χ0n) is 13.7. The molecule has 3 rings (SSSR count). The summed E-state index contributed by atoms with van der Waals surface area (Å²) in [5.74, 6) is 0.669. The lowest BCUT2D eigenvalue weighted by atomic mass is 10.2. The van der Waals surface area contributed by atoms with Crippen molar-refractivity contribution in [2.45, 2.75) is 26.3 Å². The molecule has 0 bridgehead atoms. The third-order valence-corrected chi connectivity index (χ3v) is 4.23. The molecule has 24 heavy (non-hydrogen) atoms. The first-order valence-electron chi connectivity index (χ1n) is 7.97. The number of halogens is 1. The second-order valence-electron chi connectivity index (χ2n) is 5.64. The number of imidazole rings is 1. The summed E-state index contributed by atoms with van der Waals surface area (Å²) < 4.78 is 3.28. The fourth-order valence-corrected chi connectivity index (χ4v) is 2.81. The Kier molecular flexibility index (Phi) is 4.81. The zero-order chi connectivity index (χ0) is 17.1. The van der Waals surface area contributed by atoms with Crippen molar-refractivity contribution in [3.63, 3.8) is 0 Å². The van der Waals surface area contributed by atoms with E-state index in [1.807, 2.05) is 49.5 Å². The molecule has 0 amide bonds. The summed E-state index contributed by atoms with van der Waals surface area (Å²) in [7, 11) is 1.82. The highest BCUT2D eigenvalue weighted by Gasteiger charge is 2.15. The molecule has 3 aromatic rings. The van der Waals surface area contributed by atoms with Crippen LogP contribution >= 0.6 is 11.6 Å². The van der Waals surface area contributed by atoms with E-state index in [-0.39, 0.29) is 10.8 Å². The van der Waals surface area contributed by atoms with E-state index in [0.717, 1.165) is 18.4 Å². The SMILES string of the molecule is CCCCn1c(Cl)nc2nc(/C=C/c3ccccc3)n(C)c2c1=O. The quantitative estimate of drug-likeness (QED) is 0.663. The second-order valence-corrected chi connectivity index (χ2v) is 5.97. The fourth-order valence-electron chi connectivity index (χ4n) is 2.57. The highest BCUT2D eigenvalue weighted by atomic mass is 35.5. The van der Waals surface area contributed by atoms with Crippen molar-refractivity contribution in [3.05, 3.63) is 57.4 Å². The van der Waals surface area contributed by atoms with Crippen LogP contribution in [0.4, 0.5) is 0 Å². The van der Waals surface area contributed by atoms with Crippen molar-refractivity contribution < 1.29 is 0 Å². The lowest BCUT2D eigenvalue weighted by Crippen LogP contribution is -2.23. The first-order valence-corrected chi connectivity index (χ1v) is 8.35. The van der Waals surface area contributed by atoms with Gasteiger partial charge >= 0.3 is 0 Å². The van der Waals surface area contributed by atoms with Crippen molar-refractivity contribution in [2.24, 2.45) is 7.05 Å². The minimum atomic E-state index is -0.146. The van der Waals surface area contributed by atoms with Gasteiger partial charge in [0.15, 0.2) is 11.2 Å². The Morgan fingerprint density at radius 2 is 1.92 bits per heavy atom. The van der Waals surface area contributed by atoms with Gasteiger partial charge in [0.05, 0.1) is 0 Å². The number of rotatable bonds is 5. The van der Waals surface area contributed by atoms with Crippen LogP contribution in [0.5, 0.6) is 0 Å². The average Bonchev–Trinajstić information content (AvgIpc) is 2.89. The Bertz CT molecular complexity index is 941. The largest absolute Gasteiger partial charge is 0.322 e. The second kappa shape index (κ2) is 7.01. The van der Waals surface area contributed by atoms with E-state index in [1.54, 1.807) is 4.57 Å². The summed E-state index contributed by atoms with van der Waals surface area (Å²) in [6.07, 6.45) is 5.70. The molecular weight excluding hydrogens is 324 g/mol. The van der Waals surface area contributed by atoms with Gasteiger partial charge in [-0.05, 0) is 29.7 Å². The van der Waals surface area contributed by atoms with E-state index in [2.05, 4.69) is 16.9 Å². The van der Waals surface area contributed by atoms with E-state index < -0.39 is 0 Å². The molecule has 124 valence electrons. The van der Waals surface area contributed by atoms with Crippen molar-refractivity contribution >= 4 is 34.9 Å². The van der Waals surface area contributed by atoms with Crippen molar-refractivity contribution in [1.82, 2.24) is 19.1 Å². The summed E-state index contributed by atoms with van der Waals surface area (Å²) >= 11 is 6.16. The van der Waals surface area contributed by atoms with E-state index in [0.29, 0.717) is 23.5 Å². The van der Waals surface area contributed by atoms with Crippen LogP contribution in [0.2, 0.25) is 5.28 Å². The molecule has 5 nitrogen and oxygen atoms in total. The van der Waals surface area contributed by atoms with E-state index in [4.69, 9.17) is 11.6 Å². The van der Waals surface area contributed by atoms with Crippen LogP contribution in [0.15, 0.2) is 35.1 Å². The van der Waals surface area contributed by atoms with Crippen LogP contribution < -0.4 is 5.56 Å². The van der Waals surface area contributed by atoms with Crippen LogP contribution in [0.25, 0.3) is 23.3 Å². The molecule has 2 heterocycles. The molecule has 1 aromatic carbocycles. The molecule has 0 aliphatic heterocycles. The van der Waals surface area contributed by atoms with Crippen LogP contribution in [-0.2, 0) is 13.6 Å². The molecule has 6 heteroatoms. The van der Waals surface area contributed by atoms with Crippen LogP contribution in [-0.4, -0.2) is 19.1 Å². The van der Waals surface area contributed by atoms with Gasteiger partial charge in [-0.1, -0.05) is 49.8 Å². The van der Waals surface area contributed by atoms with E-state index in [9.17, 15) is 4.79 Å². The molecule has 2 aromatic heterocycles. The van der Waals surface area contributed by atoms with Gasteiger partial charge in [-0.25, -0.2) is 4.98 Å². The first kappa shape index (κ1) is 16.5. The topological polar surface area (TPSA) is 52.7 Å². The number of fused-ring (bicyclic) bond motifs is 1. The van der Waals surface area contributed by atoms with Gasteiger partial charge in [0.2, 0.25) is 5.28 Å². The molecule has 0 atom stereocenters. The Morgan fingerprint density at radius 1 is 1.17 bits per heavy atom. The summed E-state index contributed by atoms with van der Waals surface area (Å²) in [4.78, 5) is 21.4. The first-order chi connectivity index (χ1) is 11.6. The molecule has 0 fully saturated rings. The summed E-state index contributed by atoms with van der Waals surface area (Å²) in [5, 5.41) is 0.192. The summed E-state index contributed by atoms with van der Waals surface area (Å²) in [6.45, 7) is 2.64. The number of aromatic nitrogens is 4. The maximum Gasteiger partial charge on any atom is 0.280 e. The minimum Gasteiger partial charge on any atom is -0.322 e. The normalized spacial score (nSPS) is 11.6. The molecule has 0 saturated carbocycles. The number of benzene rings is 1. The Hall–Kier alpha value is -2.40. The Balaban J connectivity index is 2.06. The van der Waals surface area contributed by atoms with Crippen LogP contribution in [0.1, 0.15) is 31.2 Å². The fraction of sp³-hybridized carbons (Fsp3) is 0.278. The zero-order valence-corrected chi connectivity index (χ0v) is 14.5. The lowest BCUT2D eigenvalue weighted by Gasteiger charge is -2.07. The maximum absolute atomic E-state index is 12.7. The number of aryl methyl sites for hydroxylation is 1. The standard InChI is InChI=1S/C18H19ClN4O/c1-3-4-12-23-17(24)15-16(21-18(23)19)20-14(22(15)2)11-10-13-8-6-5-7-9-13/h5-11H,3-4,12H2,1-2H3/b11-10+.